The number of hydrogen-bond donors (Lipinski definition) is 0. The fraction of sp³-hybridized carbons (Fsp3) is 0.627. The van der Waals surface area contributed by atoms with E-state index in [2.05, 4.69) is 13.2 Å². The average molecular weight is 971 g/mol. The fourth-order valence-corrected chi connectivity index (χ4v) is 17.2. The topological polar surface area (TPSA) is 158 Å². The molecule has 9 fully saturated rings. The molecule has 12 heteroatoms. The van der Waals surface area contributed by atoms with Gasteiger partial charge in [-0.25, -0.2) is 28.8 Å². The molecule has 2 aromatic rings. The monoisotopic (exact) mass is 970 g/mol. The number of fused-ring (bicyclic) bond motifs is 15. The Labute approximate surface area is 417 Å². The summed E-state index contributed by atoms with van der Waals surface area (Å²) in [4.78, 5) is 76.8. The third kappa shape index (κ3) is 9.62. The minimum atomic E-state index is -0.436. The number of benzene rings is 2. The highest BCUT2D eigenvalue weighted by molar-refractivity contribution is 5.96. The predicted octanol–water partition coefficient (Wildman–Crippen LogP) is 9.76. The molecule has 9 saturated carbocycles. The maximum Gasteiger partial charge on any atom is 0.338 e. The molecule has 71 heavy (non-hydrogen) atoms. The van der Waals surface area contributed by atoms with E-state index in [1.165, 1.54) is 18.9 Å². The summed E-state index contributed by atoms with van der Waals surface area (Å²) in [6.07, 6.45) is 14.2. The molecule has 9 aliphatic carbocycles. The lowest BCUT2D eigenvalue weighted by atomic mass is 9.76. The molecule has 0 N–H and O–H groups in total. The zero-order valence-electron chi connectivity index (χ0n) is 41.1. The second-order valence-electron chi connectivity index (χ2n) is 23.7. The molecular formula is C59H70O12. The fourth-order valence-electron chi connectivity index (χ4n) is 17.2. The first-order valence-electron chi connectivity index (χ1n) is 26.9. The van der Waals surface area contributed by atoms with E-state index < -0.39 is 23.9 Å². The molecule has 0 saturated heterocycles. The van der Waals surface area contributed by atoms with Gasteiger partial charge < -0.3 is 28.4 Å². The summed E-state index contributed by atoms with van der Waals surface area (Å²) in [5, 5.41) is 0. The predicted molar refractivity (Wildman–Crippen MR) is 259 cm³/mol. The number of carbonyl (C=O) groups excluding carboxylic acids is 6. The molecule has 12 nitrogen and oxygen atoms in total. The zero-order chi connectivity index (χ0) is 49.1. The molecule has 14 unspecified atom stereocenters. The van der Waals surface area contributed by atoms with Gasteiger partial charge >= 0.3 is 35.8 Å². The van der Waals surface area contributed by atoms with E-state index in [0.717, 1.165) is 64.2 Å². The molecule has 6 bridgehead atoms. The second-order valence-corrected chi connectivity index (χ2v) is 23.7. The molecule has 0 heterocycles. The summed E-state index contributed by atoms with van der Waals surface area (Å²) in [5.74, 6) is 6.56. The third-order valence-corrected chi connectivity index (χ3v) is 19.9. The van der Waals surface area contributed by atoms with Crippen LogP contribution in [-0.2, 0) is 38.0 Å². The maximum absolute atomic E-state index is 13.4. The molecule has 0 aliphatic heterocycles. The minimum Gasteiger partial charge on any atom is -0.462 e. The maximum atomic E-state index is 13.4. The van der Waals surface area contributed by atoms with E-state index in [1.54, 1.807) is 55.5 Å². The van der Waals surface area contributed by atoms with Crippen molar-refractivity contribution < 1.29 is 57.2 Å². The van der Waals surface area contributed by atoms with Crippen LogP contribution in [0.4, 0.5) is 0 Å². The van der Waals surface area contributed by atoms with Crippen LogP contribution in [0, 0.1) is 107 Å². The highest BCUT2D eigenvalue weighted by Crippen LogP contribution is 2.64. The van der Waals surface area contributed by atoms with Gasteiger partial charge in [-0.2, -0.15) is 0 Å². The van der Waals surface area contributed by atoms with Crippen molar-refractivity contribution in [2.45, 2.75) is 84.0 Å². The van der Waals surface area contributed by atoms with Gasteiger partial charge in [-0.1, -0.05) is 25.3 Å². The van der Waals surface area contributed by atoms with E-state index >= 15 is 0 Å². The van der Waals surface area contributed by atoms with E-state index in [1.807, 2.05) is 0 Å². The largest absolute Gasteiger partial charge is 0.462 e. The molecule has 18 atom stereocenters. The number of esters is 6. The Morgan fingerprint density at radius 3 is 1.11 bits per heavy atom. The number of carbonyl (C=O) groups is 6. The first-order chi connectivity index (χ1) is 34.4. The quantitative estimate of drug-likeness (QED) is 0.0793. The second kappa shape index (κ2) is 20.0. The Balaban J connectivity index is 0.594. The van der Waals surface area contributed by atoms with Crippen LogP contribution >= 0.6 is 0 Å². The minimum absolute atomic E-state index is 0.260. The van der Waals surface area contributed by atoms with Crippen molar-refractivity contribution in [1.82, 2.24) is 0 Å². The van der Waals surface area contributed by atoms with Crippen molar-refractivity contribution in [1.29, 1.82) is 0 Å². The van der Waals surface area contributed by atoms with Crippen molar-refractivity contribution in [2.75, 3.05) is 39.6 Å². The molecule has 9 aliphatic rings. The van der Waals surface area contributed by atoms with Crippen LogP contribution < -0.4 is 0 Å². The van der Waals surface area contributed by atoms with Gasteiger partial charge in [0.1, 0.15) is 0 Å². The lowest BCUT2D eigenvalue weighted by Gasteiger charge is -2.31. The molecule has 2 aromatic carbocycles. The summed E-state index contributed by atoms with van der Waals surface area (Å²) >= 11 is 0. The Bertz CT molecular complexity index is 2440. The molecule has 0 amide bonds. The highest BCUT2D eigenvalue weighted by Gasteiger charge is 2.58. The third-order valence-electron chi connectivity index (χ3n) is 19.9. The summed E-state index contributed by atoms with van der Waals surface area (Å²) in [5.41, 5.74) is 1.81. The number of ether oxygens (including phenoxy) is 6. The van der Waals surface area contributed by atoms with Crippen molar-refractivity contribution in [3.05, 3.63) is 95.6 Å². The van der Waals surface area contributed by atoms with Crippen LogP contribution in [0.25, 0.3) is 0 Å². The van der Waals surface area contributed by atoms with Gasteiger partial charge in [-0.15, -0.1) is 0 Å². The molecule has 0 spiro atoms. The van der Waals surface area contributed by atoms with E-state index in [9.17, 15) is 28.8 Å². The SMILES string of the molecule is C=CC(=O)OCC1CC2C3CC(COC(=O)c4cccc(C(=O)OCC5C[C@@H]6C7CC(CC7COC(=O)c7cccc(C(=O)OCC8C[C@@H]9C%10CC(CC%10COC(=O)C(=C)C)[C@@H]9C8)c7)[C@@H]6C5)c4)C(C3)C2C1. The first-order valence-corrected chi connectivity index (χ1v) is 26.9. The van der Waals surface area contributed by atoms with E-state index in [0.29, 0.717) is 162 Å². The van der Waals surface area contributed by atoms with Crippen LogP contribution in [-0.4, -0.2) is 75.5 Å². The smallest absolute Gasteiger partial charge is 0.338 e. The Hall–Kier alpha value is -5.26. The van der Waals surface area contributed by atoms with Crippen LogP contribution in [0.5, 0.6) is 0 Å². The van der Waals surface area contributed by atoms with Gasteiger partial charge in [0, 0.05) is 11.6 Å². The van der Waals surface area contributed by atoms with Crippen LogP contribution in [0.1, 0.15) is 125 Å². The Kier molecular flexibility index (Phi) is 13.5. The van der Waals surface area contributed by atoms with Crippen molar-refractivity contribution in [2.24, 2.45) is 107 Å². The summed E-state index contributed by atoms with van der Waals surface area (Å²) in [7, 11) is 0. The van der Waals surface area contributed by atoms with Crippen LogP contribution in [0.15, 0.2) is 73.3 Å². The van der Waals surface area contributed by atoms with Gasteiger partial charge in [-0.05, 0) is 227 Å². The number of hydrogen-bond acceptors (Lipinski definition) is 12. The lowest BCUT2D eigenvalue weighted by molar-refractivity contribution is -0.141. The van der Waals surface area contributed by atoms with Crippen molar-refractivity contribution >= 4 is 35.8 Å². The van der Waals surface area contributed by atoms with E-state index in [-0.39, 0.29) is 23.8 Å². The normalized spacial score (nSPS) is 37.2. The van der Waals surface area contributed by atoms with Crippen LogP contribution in [0.2, 0.25) is 0 Å². The van der Waals surface area contributed by atoms with Gasteiger partial charge in [0.05, 0.1) is 61.9 Å². The zero-order valence-corrected chi connectivity index (χ0v) is 41.1. The number of rotatable bonds is 18. The highest BCUT2D eigenvalue weighted by atomic mass is 16.6. The van der Waals surface area contributed by atoms with Crippen LogP contribution in [0.3, 0.4) is 0 Å². The van der Waals surface area contributed by atoms with Crippen molar-refractivity contribution in [3.8, 4) is 0 Å². The Morgan fingerprint density at radius 1 is 0.437 bits per heavy atom. The van der Waals surface area contributed by atoms with Gasteiger partial charge in [0.2, 0.25) is 0 Å². The Morgan fingerprint density at radius 2 is 0.761 bits per heavy atom. The molecule has 0 radical (unpaired) electrons. The van der Waals surface area contributed by atoms with Gasteiger partial charge in [-0.3, -0.25) is 0 Å². The molecule has 378 valence electrons. The van der Waals surface area contributed by atoms with Gasteiger partial charge in [0.25, 0.3) is 0 Å². The summed E-state index contributed by atoms with van der Waals surface area (Å²) in [6.45, 7) is 11.2. The summed E-state index contributed by atoms with van der Waals surface area (Å²) in [6, 6.07) is 13.3. The lowest BCUT2D eigenvalue weighted by Crippen LogP contribution is -2.28. The van der Waals surface area contributed by atoms with E-state index in [4.69, 9.17) is 28.4 Å². The standard InChI is InChI=1S/C59H70O12/c1-4-54(60)66-25-32-11-45-40-20-43(49(23-40)51(45)14-32)29-70-58(64)37-9-5-8-36(17-37)57(63)68-27-34-13-47-41-21-44(50(24-41)53(47)16-34)30-71-59(65)38-10-6-7-35(18-38)56(62)67-26-33-12-46-39-19-42(28-69-55(61)31(2)3)48(22-39)52(46)15-33/h4-10,17-18,32-34,39-53H,1-2,11-16,19-30H2,3H3/t32?,33?,34?,39?,40?,41?,42?,43?,44?,45?,46-,47-,48?,49?,50?,51?,52-,53-/m0/s1. The van der Waals surface area contributed by atoms with Gasteiger partial charge in [0.15, 0.2) is 0 Å². The van der Waals surface area contributed by atoms with Crippen molar-refractivity contribution in [3.63, 3.8) is 0 Å². The molecule has 11 rings (SSSR count). The first kappa shape index (κ1) is 48.0. The average Bonchev–Trinajstić information content (AvgIpc) is 4.25. The summed E-state index contributed by atoms with van der Waals surface area (Å²) < 4.78 is 34.5. The molecular weight excluding hydrogens is 901 g/mol. The molecule has 0 aromatic heterocycles.